The zero-order valence-electron chi connectivity index (χ0n) is 20.6. The summed E-state index contributed by atoms with van der Waals surface area (Å²) in [5, 5.41) is 9.29. The summed E-state index contributed by atoms with van der Waals surface area (Å²) >= 11 is 0. The van der Waals surface area contributed by atoms with Crippen LogP contribution in [-0.2, 0) is 23.7 Å². The molecular weight excluding hydrogens is 512 g/mol. The van der Waals surface area contributed by atoms with E-state index in [1.807, 2.05) is 29.2 Å². The van der Waals surface area contributed by atoms with Crippen molar-refractivity contribution in [1.82, 2.24) is 4.90 Å². The van der Waals surface area contributed by atoms with Crippen molar-refractivity contribution >= 4 is 5.97 Å². The van der Waals surface area contributed by atoms with Crippen LogP contribution in [0.4, 0.5) is 26.3 Å². The van der Waals surface area contributed by atoms with E-state index in [0.717, 1.165) is 18.4 Å². The highest BCUT2D eigenvalue weighted by atomic mass is 19.4. The smallest absolute Gasteiger partial charge is 0.416 e. The van der Waals surface area contributed by atoms with Gasteiger partial charge in [-0.25, -0.2) is 0 Å². The van der Waals surface area contributed by atoms with Crippen LogP contribution >= 0.6 is 0 Å². The van der Waals surface area contributed by atoms with Crippen molar-refractivity contribution in [1.29, 1.82) is 0 Å². The summed E-state index contributed by atoms with van der Waals surface area (Å²) in [4.78, 5) is 13.1. The van der Waals surface area contributed by atoms with Gasteiger partial charge in [0.2, 0.25) is 0 Å². The molecule has 0 amide bonds. The number of alkyl halides is 6. The molecule has 2 unspecified atom stereocenters. The molecule has 3 aliphatic rings. The van der Waals surface area contributed by atoms with Gasteiger partial charge in [0.25, 0.3) is 0 Å². The number of carboxylic acid groups (broad SMARTS) is 1. The normalized spacial score (nSPS) is 24.8. The molecule has 3 atom stereocenters. The number of carbonyl (C=O) groups is 1. The number of hydrogen-bond acceptors (Lipinski definition) is 3. The van der Waals surface area contributed by atoms with Crippen LogP contribution in [0.1, 0.15) is 60.3 Å². The highest BCUT2D eigenvalue weighted by Crippen LogP contribution is 2.46. The standard InChI is InChI=1S/C28H29F6NO3/c29-27(30,31)21-6-7-25(28(32,33)34)20(8-21)15-35-13-18-10-23(11-19(18)14-35)38-22-3-1-2-17(9-22)24(12-26(36)37)16-4-5-16/h1-3,6-9,16,18-19,23-24H,4-5,10-15H2,(H,36,37)/t18?,19?,23?,24-/m0/s1. The number of rotatable bonds is 8. The maximum atomic E-state index is 13.5. The zero-order chi connectivity index (χ0) is 27.2. The van der Waals surface area contributed by atoms with E-state index in [1.54, 1.807) is 0 Å². The molecule has 0 aromatic heterocycles. The molecule has 0 radical (unpaired) electrons. The maximum Gasteiger partial charge on any atom is 0.416 e. The lowest BCUT2D eigenvalue weighted by molar-refractivity contribution is -0.142. The Morgan fingerprint density at radius 3 is 2.24 bits per heavy atom. The van der Waals surface area contributed by atoms with E-state index in [-0.39, 0.29) is 42.4 Å². The second kappa shape index (κ2) is 10.1. The molecule has 2 aromatic rings. The number of ether oxygens (including phenoxy) is 1. The second-order valence-electron chi connectivity index (χ2n) is 10.9. The molecule has 2 aromatic carbocycles. The van der Waals surface area contributed by atoms with Gasteiger partial charge in [-0.1, -0.05) is 12.1 Å². The Labute approximate surface area is 216 Å². The first kappa shape index (κ1) is 26.8. The third-order valence-corrected chi connectivity index (χ3v) is 8.09. The quantitative estimate of drug-likeness (QED) is 0.367. The number of hydrogen-bond donors (Lipinski definition) is 1. The van der Waals surface area contributed by atoms with E-state index in [9.17, 15) is 36.2 Å². The Balaban J connectivity index is 1.21. The van der Waals surface area contributed by atoms with Gasteiger partial charge in [0, 0.05) is 19.6 Å². The van der Waals surface area contributed by atoms with E-state index in [2.05, 4.69) is 0 Å². The summed E-state index contributed by atoms with van der Waals surface area (Å²) in [6.45, 7) is 0.812. The van der Waals surface area contributed by atoms with Crippen molar-refractivity contribution in [2.75, 3.05) is 13.1 Å². The lowest BCUT2D eigenvalue weighted by Crippen LogP contribution is -2.26. The molecule has 5 rings (SSSR count). The average Bonchev–Trinajstić information content (AvgIpc) is 3.49. The average molecular weight is 542 g/mol. The summed E-state index contributed by atoms with van der Waals surface area (Å²) in [5.74, 6) is 0.579. The van der Waals surface area contributed by atoms with Crippen LogP contribution in [0.2, 0.25) is 0 Å². The summed E-state index contributed by atoms with van der Waals surface area (Å²) in [5.41, 5.74) is -1.51. The van der Waals surface area contributed by atoms with Crippen LogP contribution in [-0.4, -0.2) is 35.2 Å². The number of benzene rings is 2. The Hall–Kier alpha value is -2.75. The van der Waals surface area contributed by atoms with Gasteiger partial charge in [-0.2, -0.15) is 26.3 Å². The molecular formula is C28H29F6NO3. The minimum atomic E-state index is -4.73. The van der Waals surface area contributed by atoms with Crippen molar-refractivity contribution in [2.45, 2.75) is 63.0 Å². The van der Waals surface area contributed by atoms with Crippen LogP contribution in [0.15, 0.2) is 42.5 Å². The first-order chi connectivity index (χ1) is 17.9. The lowest BCUT2D eigenvalue weighted by atomic mass is 9.91. The van der Waals surface area contributed by atoms with Crippen molar-refractivity contribution in [3.05, 3.63) is 64.7 Å². The van der Waals surface area contributed by atoms with E-state index in [1.165, 1.54) is 0 Å². The molecule has 2 saturated carbocycles. The number of likely N-dealkylation sites (tertiary alicyclic amines) is 1. The maximum absolute atomic E-state index is 13.5. The number of aliphatic carboxylic acids is 1. The van der Waals surface area contributed by atoms with Crippen molar-refractivity contribution in [2.24, 2.45) is 17.8 Å². The predicted molar refractivity (Wildman–Crippen MR) is 127 cm³/mol. The highest BCUT2D eigenvalue weighted by Gasteiger charge is 2.43. The highest BCUT2D eigenvalue weighted by molar-refractivity contribution is 5.68. The predicted octanol–water partition coefficient (Wildman–Crippen LogP) is 6.98. The van der Waals surface area contributed by atoms with Crippen LogP contribution in [0.3, 0.4) is 0 Å². The van der Waals surface area contributed by atoms with Gasteiger partial charge in [0.1, 0.15) is 5.75 Å². The molecule has 0 spiro atoms. The fourth-order valence-corrected chi connectivity index (χ4v) is 6.24. The summed E-state index contributed by atoms with van der Waals surface area (Å²) < 4.78 is 86.1. The molecule has 10 heteroatoms. The minimum Gasteiger partial charge on any atom is -0.490 e. The molecule has 2 aliphatic carbocycles. The molecule has 1 aliphatic heterocycles. The minimum absolute atomic E-state index is 0.0370. The Morgan fingerprint density at radius 1 is 0.974 bits per heavy atom. The second-order valence-corrected chi connectivity index (χ2v) is 10.9. The van der Waals surface area contributed by atoms with Crippen molar-refractivity contribution < 1.29 is 41.0 Å². The molecule has 0 bridgehead atoms. The van der Waals surface area contributed by atoms with Gasteiger partial charge in [-0.3, -0.25) is 9.69 Å². The van der Waals surface area contributed by atoms with Crippen LogP contribution in [0.25, 0.3) is 0 Å². The van der Waals surface area contributed by atoms with Crippen molar-refractivity contribution in [3.8, 4) is 5.75 Å². The van der Waals surface area contributed by atoms with Gasteiger partial charge >= 0.3 is 18.3 Å². The van der Waals surface area contributed by atoms with Crippen LogP contribution < -0.4 is 4.74 Å². The monoisotopic (exact) mass is 541 g/mol. The summed E-state index contributed by atoms with van der Waals surface area (Å²) in [7, 11) is 0. The first-order valence-electron chi connectivity index (χ1n) is 12.8. The molecule has 206 valence electrons. The van der Waals surface area contributed by atoms with E-state index >= 15 is 0 Å². The van der Waals surface area contributed by atoms with E-state index < -0.39 is 29.4 Å². The van der Waals surface area contributed by atoms with Crippen LogP contribution in [0, 0.1) is 17.8 Å². The van der Waals surface area contributed by atoms with Gasteiger partial charge in [0.15, 0.2) is 0 Å². The van der Waals surface area contributed by atoms with Gasteiger partial charge in [-0.05, 0) is 90.8 Å². The number of halogens is 6. The number of fused-ring (bicyclic) bond motifs is 1. The molecule has 1 heterocycles. The van der Waals surface area contributed by atoms with E-state index in [4.69, 9.17) is 4.74 Å². The SMILES string of the molecule is O=C(O)C[C@H](c1cccc(OC2CC3CN(Cc4cc(C(F)(F)F)ccc4C(F)(F)F)CC3C2)c1)C1CC1. The fraction of sp³-hybridized carbons (Fsp3) is 0.536. The van der Waals surface area contributed by atoms with Gasteiger partial charge in [0.05, 0.1) is 23.7 Å². The molecule has 3 fully saturated rings. The molecule has 38 heavy (non-hydrogen) atoms. The van der Waals surface area contributed by atoms with Gasteiger partial charge < -0.3 is 9.84 Å². The fourth-order valence-electron chi connectivity index (χ4n) is 6.24. The summed E-state index contributed by atoms with van der Waals surface area (Å²) in [6.07, 6.45) is -5.96. The third kappa shape index (κ3) is 6.11. The Kier molecular flexibility index (Phi) is 7.13. The largest absolute Gasteiger partial charge is 0.490 e. The van der Waals surface area contributed by atoms with Crippen molar-refractivity contribution in [3.63, 3.8) is 0 Å². The first-order valence-corrected chi connectivity index (χ1v) is 12.8. The molecule has 1 N–H and O–H groups in total. The Bertz CT molecular complexity index is 1160. The Morgan fingerprint density at radius 2 is 1.66 bits per heavy atom. The van der Waals surface area contributed by atoms with Gasteiger partial charge in [-0.15, -0.1) is 0 Å². The van der Waals surface area contributed by atoms with Crippen LogP contribution in [0.5, 0.6) is 5.75 Å². The lowest BCUT2D eigenvalue weighted by Gasteiger charge is -2.23. The number of carboxylic acids is 1. The summed E-state index contributed by atoms with van der Waals surface area (Å²) in [6, 6.07) is 9.19. The number of nitrogens with zero attached hydrogens (tertiary/aromatic N) is 1. The topological polar surface area (TPSA) is 49.8 Å². The zero-order valence-corrected chi connectivity index (χ0v) is 20.6. The molecule has 4 nitrogen and oxygen atoms in total. The third-order valence-electron chi connectivity index (χ3n) is 8.09. The molecule has 1 saturated heterocycles. The van der Waals surface area contributed by atoms with E-state index in [0.29, 0.717) is 55.8 Å².